The van der Waals surface area contributed by atoms with Gasteiger partial charge in [-0.05, 0) is 43.5 Å². The first-order valence-electron chi connectivity index (χ1n) is 9.15. The number of aromatic carboxylic acids is 1. The SMILES string of the molecule is CC1(c2ccc(N3CCCCC3)nc2)NC(c2cccc(C(=O)O)c2)=NO1. The Bertz CT molecular complexity index is 875. The normalized spacial score (nSPS) is 22.0. The van der Waals surface area contributed by atoms with Gasteiger partial charge in [-0.15, -0.1) is 0 Å². The van der Waals surface area contributed by atoms with Gasteiger partial charge in [-0.2, -0.15) is 0 Å². The third-order valence-corrected chi connectivity index (χ3v) is 5.04. The van der Waals surface area contributed by atoms with E-state index in [1.54, 1.807) is 24.3 Å². The van der Waals surface area contributed by atoms with Gasteiger partial charge in [0.25, 0.3) is 0 Å². The van der Waals surface area contributed by atoms with E-state index in [9.17, 15) is 4.79 Å². The van der Waals surface area contributed by atoms with Crippen LogP contribution in [-0.4, -0.2) is 35.0 Å². The molecule has 1 atom stereocenters. The number of carboxylic acid groups (broad SMARTS) is 1. The van der Waals surface area contributed by atoms with Gasteiger partial charge in [0.1, 0.15) is 5.82 Å². The number of nitrogens with one attached hydrogen (secondary N) is 1. The van der Waals surface area contributed by atoms with Gasteiger partial charge in [-0.25, -0.2) is 9.78 Å². The number of carbonyl (C=O) groups is 1. The molecule has 0 bridgehead atoms. The number of benzene rings is 1. The van der Waals surface area contributed by atoms with Crippen LogP contribution >= 0.6 is 0 Å². The van der Waals surface area contributed by atoms with Crippen molar-refractivity contribution in [3.8, 4) is 0 Å². The summed E-state index contributed by atoms with van der Waals surface area (Å²) in [4.78, 5) is 23.7. The molecule has 27 heavy (non-hydrogen) atoms. The van der Waals surface area contributed by atoms with Gasteiger partial charge >= 0.3 is 5.97 Å². The van der Waals surface area contributed by atoms with E-state index < -0.39 is 11.7 Å². The summed E-state index contributed by atoms with van der Waals surface area (Å²) in [7, 11) is 0. The highest BCUT2D eigenvalue weighted by atomic mass is 16.7. The molecular weight excluding hydrogens is 344 g/mol. The Morgan fingerprint density at radius 1 is 1.22 bits per heavy atom. The number of piperidine rings is 1. The van der Waals surface area contributed by atoms with E-state index in [-0.39, 0.29) is 5.56 Å². The first-order valence-corrected chi connectivity index (χ1v) is 9.15. The van der Waals surface area contributed by atoms with Crippen molar-refractivity contribution in [2.75, 3.05) is 18.0 Å². The number of anilines is 1. The lowest BCUT2D eigenvalue weighted by atomic mass is 10.1. The minimum atomic E-state index is -0.975. The molecule has 3 heterocycles. The Balaban J connectivity index is 1.50. The summed E-state index contributed by atoms with van der Waals surface area (Å²) < 4.78 is 0. The summed E-state index contributed by atoms with van der Waals surface area (Å²) in [6, 6.07) is 10.6. The fourth-order valence-corrected chi connectivity index (χ4v) is 3.44. The number of nitrogens with zero attached hydrogens (tertiary/aromatic N) is 3. The molecule has 0 amide bonds. The second kappa shape index (κ2) is 6.90. The van der Waals surface area contributed by atoms with Crippen LogP contribution in [0.3, 0.4) is 0 Å². The molecule has 4 rings (SSSR count). The average molecular weight is 366 g/mol. The second-order valence-electron chi connectivity index (χ2n) is 7.03. The van der Waals surface area contributed by atoms with E-state index in [4.69, 9.17) is 9.94 Å². The van der Waals surface area contributed by atoms with E-state index in [2.05, 4.69) is 20.4 Å². The molecule has 7 nitrogen and oxygen atoms in total. The lowest BCUT2D eigenvalue weighted by Crippen LogP contribution is -2.39. The van der Waals surface area contributed by atoms with Gasteiger partial charge in [0, 0.05) is 37.3 Å². The molecule has 7 heteroatoms. The number of oxime groups is 1. The first kappa shape index (κ1) is 17.3. The third kappa shape index (κ3) is 3.45. The Morgan fingerprint density at radius 2 is 2.04 bits per heavy atom. The van der Waals surface area contributed by atoms with Crippen LogP contribution in [0.25, 0.3) is 0 Å². The highest BCUT2D eigenvalue weighted by Crippen LogP contribution is 2.29. The predicted molar refractivity (Wildman–Crippen MR) is 102 cm³/mol. The van der Waals surface area contributed by atoms with Gasteiger partial charge in [0.05, 0.1) is 5.56 Å². The number of rotatable bonds is 4. The molecule has 1 saturated heterocycles. The Morgan fingerprint density at radius 3 is 2.74 bits per heavy atom. The summed E-state index contributed by atoms with van der Waals surface area (Å²) in [6.45, 7) is 3.97. The quantitative estimate of drug-likeness (QED) is 0.865. The predicted octanol–water partition coefficient (Wildman–Crippen LogP) is 2.92. The monoisotopic (exact) mass is 366 g/mol. The lowest BCUT2D eigenvalue weighted by molar-refractivity contribution is -0.0230. The van der Waals surface area contributed by atoms with Gasteiger partial charge in [-0.3, -0.25) is 0 Å². The number of carboxylic acids is 1. The van der Waals surface area contributed by atoms with Crippen LogP contribution in [-0.2, 0) is 10.6 Å². The molecule has 1 fully saturated rings. The highest BCUT2D eigenvalue weighted by Gasteiger charge is 2.36. The Kier molecular flexibility index (Phi) is 4.43. The van der Waals surface area contributed by atoms with Gasteiger partial charge in [-0.1, -0.05) is 17.3 Å². The maximum atomic E-state index is 11.2. The van der Waals surface area contributed by atoms with Crippen LogP contribution in [0.15, 0.2) is 47.8 Å². The summed E-state index contributed by atoms with van der Waals surface area (Å²) in [5.74, 6) is 0.507. The van der Waals surface area contributed by atoms with Crippen molar-refractivity contribution >= 4 is 17.6 Å². The first-order chi connectivity index (χ1) is 13.0. The van der Waals surface area contributed by atoms with Crippen molar-refractivity contribution in [1.29, 1.82) is 0 Å². The molecule has 0 saturated carbocycles. The Hall–Kier alpha value is -3.09. The molecule has 1 aromatic carbocycles. The zero-order valence-corrected chi connectivity index (χ0v) is 15.2. The average Bonchev–Trinajstić information content (AvgIpc) is 3.12. The van der Waals surface area contributed by atoms with Crippen molar-refractivity contribution in [3.63, 3.8) is 0 Å². The molecule has 0 aliphatic carbocycles. The van der Waals surface area contributed by atoms with Crippen LogP contribution in [0.5, 0.6) is 0 Å². The maximum Gasteiger partial charge on any atom is 0.335 e. The highest BCUT2D eigenvalue weighted by molar-refractivity contribution is 6.01. The molecule has 2 aliphatic rings. The maximum absolute atomic E-state index is 11.2. The van der Waals surface area contributed by atoms with Gasteiger partial charge < -0.3 is 20.2 Å². The Labute approximate surface area is 157 Å². The molecule has 2 aliphatic heterocycles. The van der Waals surface area contributed by atoms with Crippen LogP contribution < -0.4 is 10.2 Å². The number of amidine groups is 1. The molecule has 2 N–H and O–H groups in total. The molecule has 0 radical (unpaired) electrons. The number of aromatic nitrogens is 1. The zero-order chi connectivity index (χ0) is 18.9. The molecule has 0 spiro atoms. The number of hydrogen-bond donors (Lipinski definition) is 2. The van der Waals surface area contributed by atoms with Crippen LogP contribution in [0.4, 0.5) is 5.82 Å². The molecule has 140 valence electrons. The van der Waals surface area contributed by atoms with Crippen molar-refractivity contribution in [2.24, 2.45) is 5.16 Å². The van der Waals surface area contributed by atoms with E-state index in [0.717, 1.165) is 24.5 Å². The lowest BCUT2D eigenvalue weighted by Gasteiger charge is -2.28. The minimum Gasteiger partial charge on any atom is -0.478 e. The van der Waals surface area contributed by atoms with E-state index in [1.807, 2.05) is 25.3 Å². The summed E-state index contributed by atoms with van der Waals surface area (Å²) in [6.07, 6.45) is 5.51. The van der Waals surface area contributed by atoms with E-state index in [1.165, 1.54) is 19.3 Å². The standard InChI is InChI=1S/C20H22N4O3/c1-20(16-8-9-17(21-13-16)24-10-3-2-4-11-24)22-18(23-27-20)14-6-5-7-15(12-14)19(25)26/h5-9,12-13H,2-4,10-11H2,1H3,(H,22,23)(H,25,26). The molecular formula is C20H22N4O3. The van der Waals surface area contributed by atoms with E-state index >= 15 is 0 Å². The van der Waals surface area contributed by atoms with Gasteiger partial charge in [0.15, 0.2) is 5.84 Å². The topological polar surface area (TPSA) is 87.1 Å². The fourth-order valence-electron chi connectivity index (χ4n) is 3.44. The third-order valence-electron chi connectivity index (χ3n) is 5.04. The van der Waals surface area contributed by atoms with Crippen molar-refractivity contribution in [2.45, 2.75) is 31.9 Å². The zero-order valence-electron chi connectivity index (χ0n) is 15.2. The summed E-state index contributed by atoms with van der Waals surface area (Å²) >= 11 is 0. The minimum absolute atomic E-state index is 0.207. The fraction of sp³-hybridized carbons (Fsp3) is 0.350. The van der Waals surface area contributed by atoms with Crippen molar-refractivity contribution in [1.82, 2.24) is 10.3 Å². The van der Waals surface area contributed by atoms with Crippen molar-refractivity contribution < 1.29 is 14.7 Å². The van der Waals surface area contributed by atoms with Crippen LogP contribution in [0, 0.1) is 0 Å². The number of pyridine rings is 1. The van der Waals surface area contributed by atoms with Gasteiger partial charge in [0.2, 0.25) is 5.72 Å². The second-order valence-corrected chi connectivity index (χ2v) is 7.03. The van der Waals surface area contributed by atoms with Crippen LogP contribution in [0.1, 0.15) is 47.7 Å². The smallest absolute Gasteiger partial charge is 0.335 e. The van der Waals surface area contributed by atoms with Crippen LogP contribution in [0.2, 0.25) is 0 Å². The molecule has 1 aromatic heterocycles. The summed E-state index contributed by atoms with van der Waals surface area (Å²) in [5, 5.41) is 16.5. The molecule has 1 unspecified atom stereocenters. The van der Waals surface area contributed by atoms with E-state index in [0.29, 0.717) is 11.4 Å². The van der Waals surface area contributed by atoms with Crippen molar-refractivity contribution in [3.05, 3.63) is 59.3 Å². The largest absolute Gasteiger partial charge is 0.478 e. The molecule has 2 aromatic rings. The number of hydrogen-bond acceptors (Lipinski definition) is 6. The summed E-state index contributed by atoms with van der Waals surface area (Å²) in [5.41, 5.74) is 0.883.